The Morgan fingerprint density at radius 3 is 2.42 bits per heavy atom. The van der Waals surface area contributed by atoms with E-state index in [-0.39, 0.29) is 30.6 Å². The van der Waals surface area contributed by atoms with Crippen LogP contribution in [-0.4, -0.2) is 23.4 Å². The molecule has 0 radical (unpaired) electrons. The van der Waals surface area contributed by atoms with Gasteiger partial charge in [0.2, 0.25) is 5.91 Å². The SMILES string of the molecule is O=C(CCN(Cc1ccc(F)cc1F)C1CC1)Nc1ccc(F)c(F)c1. The summed E-state index contributed by atoms with van der Waals surface area (Å²) in [6, 6.07) is 6.87. The van der Waals surface area contributed by atoms with Gasteiger partial charge in [0.05, 0.1) is 0 Å². The van der Waals surface area contributed by atoms with Gasteiger partial charge in [-0.15, -0.1) is 0 Å². The Balaban J connectivity index is 1.56. The van der Waals surface area contributed by atoms with Crippen LogP contribution >= 0.6 is 0 Å². The maximum Gasteiger partial charge on any atom is 0.225 e. The van der Waals surface area contributed by atoms with Gasteiger partial charge in [0.15, 0.2) is 11.6 Å². The molecule has 0 atom stereocenters. The van der Waals surface area contributed by atoms with Crippen molar-refractivity contribution in [3.8, 4) is 0 Å². The highest BCUT2D eigenvalue weighted by Crippen LogP contribution is 2.29. The second-order valence-corrected chi connectivity index (χ2v) is 6.36. The lowest BCUT2D eigenvalue weighted by Crippen LogP contribution is -2.30. The van der Waals surface area contributed by atoms with E-state index in [4.69, 9.17) is 0 Å². The number of nitrogens with one attached hydrogen (secondary N) is 1. The topological polar surface area (TPSA) is 32.3 Å². The molecular weight excluding hydrogens is 348 g/mol. The van der Waals surface area contributed by atoms with E-state index in [0.29, 0.717) is 12.1 Å². The molecule has 0 unspecified atom stereocenters. The molecule has 1 amide bonds. The zero-order chi connectivity index (χ0) is 18.7. The molecular formula is C19H18F4N2O. The number of carbonyl (C=O) groups is 1. The fourth-order valence-electron chi connectivity index (χ4n) is 2.74. The van der Waals surface area contributed by atoms with Gasteiger partial charge in [-0.25, -0.2) is 17.6 Å². The van der Waals surface area contributed by atoms with Crippen LogP contribution in [0, 0.1) is 23.3 Å². The van der Waals surface area contributed by atoms with Crippen molar-refractivity contribution in [2.45, 2.75) is 31.8 Å². The second kappa shape index (κ2) is 7.86. The Hall–Kier alpha value is -2.41. The maximum atomic E-state index is 13.8. The zero-order valence-corrected chi connectivity index (χ0v) is 13.9. The van der Waals surface area contributed by atoms with Gasteiger partial charge in [-0.1, -0.05) is 6.07 Å². The number of hydrogen-bond acceptors (Lipinski definition) is 2. The molecule has 1 aliphatic rings. The van der Waals surface area contributed by atoms with Crippen molar-refractivity contribution < 1.29 is 22.4 Å². The van der Waals surface area contributed by atoms with Crippen LogP contribution in [0.25, 0.3) is 0 Å². The molecule has 0 spiro atoms. The Kier molecular flexibility index (Phi) is 5.56. The van der Waals surface area contributed by atoms with Gasteiger partial charge in [-0.05, 0) is 31.0 Å². The molecule has 1 N–H and O–H groups in total. The first-order valence-electron chi connectivity index (χ1n) is 8.35. The molecule has 138 valence electrons. The van der Waals surface area contributed by atoms with E-state index in [1.165, 1.54) is 18.2 Å². The summed E-state index contributed by atoms with van der Waals surface area (Å²) >= 11 is 0. The number of amides is 1. The fourth-order valence-corrected chi connectivity index (χ4v) is 2.74. The maximum absolute atomic E-state index is 13.8. The summed E-state index contributed by atoms with van der Waals surface area (Å²) in [6.07, 6.45) is 2.06. The highest BCUT2D eigenvalue weighted by Gasteiger charge is 2.29. The third-order valence-electron chi connectivity index (χ3n) is 4.28. The standard InChI is InChI=1S/C19H18F4N2O/c20-13-2-1-12(17(22)9-13)11-25(15-4-5-15)8-7-19(26)24-14-3-6-16(21)18(23)10-14/h1-3,6,9-10,15H,4-5,7-8,11H2,(H,24,26). The summed E-state index contributed by atoms with van der Waals surface area (Å²) in [5.74, 6) is -3.60. The smallest absolute Gasteiger partial charge is 0.225 e. The summed E-state index contributed by atoms with van der Waals surface area (Å²) in [5, 5.41) is 2.51. The van der Waals surface area contributed by atoms with Crippen molar-refractivity contribution in [3.63, 3.8) is 0 Å². The minimum absolute atomic E-state index is 0.123. The van der Waals surface area contributed by atoms with E-state index in [0.717, 1.165) is 31.0 Å². The third-order valence-corrected chi connectivity index (χ3v) is 4.28. The molecule has 1 saturated carbocycles. The number of hydrogen-bond donors (Lipinski definition) is 1. The molecule has 0 bridgehead atoms. The van der Waals surface area contributed by atoms with Crippen LogP contribution in [0.3, 0.4) is 0 Å². The van der Waals surface area contributed by atoms with Gasteiger partial charge in [-0.2, -0.15) is 0 Å². The Labute approximate surface area is 148 Å². The molecule has 0 saturated heterocycles. The molecule has 0 aromatic heterocycles. The van der Waals surface area contributed by atoms with Crippen molar-refractivity contribution in [2.24, 2.45) is 0 Å². The van der Waals surface area contributed by atoms with Crippen LogP contribution in [0.5, 0.6) is 0 Å². The highest BCUT2D eigenvalue weighted by molar-refractivity contribution is 5.90. The molecule has 3 rings (SSSR count). The number of carbonyl (C=O) groups excluding carboxylic acids is 1. The molecule has 1 aliphatic carbocycles. The zero-order valence-electron chi connectivity index (χ0n) is 13.9. The minimum atomic E-state index is -1.03. The summed E-state index contributed by atoms with van der Waals surface area (Å²) in [5.41, 5.74) is 0.552. The molecule has 2 aromatic carbocycles. The molecule has 2 aromatic rings. The first-order valence-corrected chi connectivity index (χ1v) is 8.35. The van der Waals surface area contributed by atoms with Crippen LogP contribution in [0.15, 0.2) is 36.4 Å². The van der Waals surface area contributed by atoms with Crippen molar-refractivity contribution in [1.82, 2.24) is 4.90 Å². The van der Waals surface area contributed by atoms with Crippen LogP contribution < -0.4 is 5.32 Å². The van der Waals surface area contributed by atoms with E-state index in [1.54, 1.807) is 0 Å². The highest BCUT2D eigenvalue weighted by atomic mass is 19.2. The van der Waals surface area contributed by atoms with Gasteiger partial charge >= 0.3 is 0 Å². The lowest BCUT2D eigenvalue weighted by atomic mass is 10.2. The lowest BCUT2D eigenvalue weighted by molar-refractivity contribution is -0.116. The van der Waals surface area contributed by atoms with Crippen LogP contribution in [0.1, 0.15) is 24.8 Å². The van der Waals surface area contributed by atoms with Gasteiger partial charge < -0.3 is 5.32 Å². The van der Waals surface area contributed by atoms with E-state index in [1.807, 2.05) is 4.90 Å². The first kappa shape index (κ1) is 18.4. The van der Waals surface area contributed by atoms with E-state index in [2.05, 4.69) is 5.32 Å². The molecule has 0 heterocycles. The predicted molar refractivity (Wildman–Crippen MR) is 89.4 cm³/mol. The van der Waals surface area contributed by atoms with E-state index >= 15 is 0 Å². The number of rotatable bonds is 7. The lowest BCUT2D eigenvalue weighted by Gasteiger charge is -2.22. The average molecular weight is 366 g/mol. The third kappa shape index (κ3) is 4.82. The first-order chi connectivity index (χ1) is 12.4. The van der Waals surface area contributed by atoms with Crippen molar-refractivity contribution >= 4 is 11.6 Å². The number of nitrogens with zero attached hydrogens (tertiary/aromatic N) is 1. The Morgan fingerprint density at radius 2 is 1.77 bits per heavy atom. The summed E-state index contributed by atoms with van der Waals surface area (Å²) in [6.45, 7) is 0.673. The van der Waals surface area contributed by atoms with Gasteiger partial charge in [-0.3, -0.25) is 9.69 Å². The van der Waals surface area contributed by atoms with Gasteiger partial charge in [0.25, 0.3) is 0 Å². The fraction of sp³-hybridized carbons (Fsp3) is 0.316. The van der Waals surface area contributed by atoms with E-state index < -0.39 is 23.3 Å². The van der Waals surface area contributed by atoms with Gasteiger partial charge in [0, 0.05) is 48.9 Å². The summed E-state index contributed by atoms with van der Waals surface area (Å²) in [7, 11) is 0. The van der Waals surface area contributed by atoms with Gasteiger partial charge in [0.1, 0.15) is 11.6 Å². The second-order valence-electron chi connectivity index (χ2n) is 6.36. The monoisotopic (exact) mass is 366 g/mol. The number of halogens is 4. The largest absolute Gasteiger partial charge is 0.326 e. The summed E-state index contributed by atoms with van der Waals surface area (Å²) in [4.78, 5) is 14.0. The van der Waals surface area contributed by atoms with E-state index in [9.17, 15) is 22.4 Å². The summed E-state index contributed by atoms with van der Waals surface area (Å²) < 4.78 is 52.9. The molecule has 3 nitrogen and oxygen atoms in total. The molecule has 0 aliphatic heterocycles. The van der Waals surface area contributed by atoms with Crippen molar-refractivity contribution in [2.75, 3.05) is 11.9 Å². The number of benzene rings is 2. The Bertz CT molecular complexity index is 808. The van der Waals surface area contributed by atoms with Crippen LogP contribution in [0.4, 0.5) is 23.2 Å². The predicted octanol–water partition coefficient (Wildman–Crippen LogP) is 4.24. The normalized spacial score (nSPS) is 13.9. The quantitative estimate of drug-likeness (QED) is 0.744. The van der Waals surface area contributed by atoms with Crippen LogP contribution in [0.2, 0.25) is 0 Å². The Morgan fingerprint density at radius 1 is 1.00 bits per heavy atom. The molecule has 1 fully saturated rings. The van der Waals surface area contributed by atoms with Crippen molar-refractivity contribution in [1.29, 1.82) is 0 Å². The molecule has 26 heavy (non-hydrogen) atoms. The minimum Gasteiger partial charge on any atom is -0.326 e. The van der Waals surface area contributed by atoms with Crippen LogP contribution in [-0.2, 0) is 11.3 Å². The van der Waals surface area contributed by atoms with Crippen molar-refractivity contribution in [3.05, 3.63) is 65.2 Å². The number of anilines is 1. The average Bonchev–Trinajstić information content (AvgIpc) is 3.41. The molecule has 7 heteroatoms.